The number of rotatable bonds is 5. The number of nitrogens with one attached hydrogen (secondary N) is 1. The minimum atomic E-state index is -0.523. The number of aliphatic hydroxyl groups excluding tert-OH is 1. The molecule has 0 saturated carbocycles. The Morgan fingerprint density at radius 2 is 2.23 bits per heavy atom. The van der Waals surface area contributed by atoms with Gasteiger partial charge in [0.05, 0.1) is 13.2 Å². The molecule has 1 aliphatic heterocycles. The van der Waals surface area contributed by atoms with Crippen LogP contribution >= 0.6 is 0 Å². The van der Waals surface area contributed by atoms with Gasteiger partial charge in [0.1, 0.15) is 5.60 Å². The summed E-state index contributed by atoms with van der Waals surface area (Å²) in [5.74, 6) is 0. The number of aromatic amines is 1. The maximum Gasteiger partial charge on any atom is 0.108 e. The highest BCUT2D eigenvalue weighted by molar-refractivity contribution is 5.27. The molecule has 5 nitrogen and oxygen atoms in total. The minimum absolute atomic E-state index is 0.0286. The van der Waals surface area contributed by atoms with Crippen LogP contribution in [0.4, 0.5) is 0 Å². The van der Waals surface area contributed by atoms with E-state index in [1.807, 2.05) is 18.2 Å². The van der Waals surface area contributed by atoms with Gasteiger partial charge in [0, 0.05) is 37.9 Å². The van der Waals surface area contributed by atoms with Crippen LogP contribution in [0.2, 0.25) is 0 Å². The van der Waals surface area contributed by atoms with Crippen molar-refractivity contribution in [1.29, 1.82) is 0 Å². The van der Waals surface area contributed by atoms with Gasteiger partial charge < -0.3 is 9.84 Å². The third-order valence-corrected chi connectivity index (χ3v) is 4.34. The Hall–Kier alpha value is -1.69. The topological polar surface area (TPSA) is 61.4 Å². The Balaban J connectivity index is 1.72. The minimum Gasteiger partial charge on any atom is -0.393 e. The van der Waals surface area contributed by atoms with Crippen LogP contribution in [0.5, 0.6) is 0 Å². The molecule has 3 rings (SSSR count). The van der Waals surface area contributed by atoms with Crippen molar-refractivity contribution in [3.8, 4) is 0 Å². The summed E-state index contributed by atoms with van der Waals surface area (Å²) in [6, 6.07) is 10.3. The van der Waals surface area contributed by atoms with Crippen molar-refractivity contribution < 1.29 is 9.84 Å². The lowest BCUT2D eigenvalue weighted by Crippen LogP contribution is -2.55. The van der Waals surface area contributed by atoms with Crippen LogP contribution in [0.25, 0.3) is 0 Å². The van der Waals surface area contributed by atoms with Crippen molar-refractivity contribution in [3.63, 3.8) is 0 Å². The van der Waals surface area contributed by atoms with Gasteiger partial charge in [0.2, 0.25) is 0 Å². The maximum absolute atomic E-state index is 9.97. The van der Waals surface area contributed by atoms with Gasteiger partial charge in [0.15, 0.2) is 0 Å². The number of benzene rings is 1. The zero-order valence-corrected chi connectivity index (χ0v) is 13.0. The van der Waals surface area contributed by atoms with Crippen LogP contribution < -0.4 is 0 Å². The van der Waals surface area contributed by atoms with Gasteiger partial charge in [-0.25, -0.2) is 0 Å². The van der Waals surface area contributed by atoms with E-state index < -0.39 is 5.60 Å². The third kappa shape index (κ3) is 3.38. The molecular weight excluding hydrogens is 278 g/mol. The summed E-state index contributed by atoms with van der Waals surface area (Å²) in [5, 5.41) is 17.0. The second-order valence-corrected chi connectivity index (χ2v) is 6.09. The Morgan fingerprint density at radius 1 is 1.36 bits per heavy atom. The van der Waals surface area contributed by atoms with E-state index in [0.717, 1.165) is 31.7 Å². The predicted octanol–water partition coefficient (Wildman–Crippen LogP) is 1.52. The Kier molecular flexibility index (Phi) is 4.57. The van der Waals surface area contributed by atoms with Crippen molar-refractivity contribution in [1.82, 2.24) is 15.1 Å². The van der Waals surface area contributed by atoms with E-state index in [0.29, 0.717) is 6.61 Å². The van der Waals surface area contributed by atoms with Gasteiger partial charge in [-0.2, -0.15) is 5.10 Å². The van der Waals surface area contributed by atoms with Gasteiger partial charge in [-0.05, 0) is 24.1 Å². The molecule has 2 aromatic rings. The number of aliphatic hydroxyl groups is 1. The molecule has 118 valence electrons. The Labute approximate surface area is 130 Å². The molecule has 1 fully saturated rings. The first-order valence-corrected chi connectivity index (χ1v) is 7.71. The van der Waals surface area contributed by atoms with Gasteiger partial charge in [-0.1, -0.05) is 24.3 Å². The molecule has 0 amide bonds. The van der Waals surface area contributed by atoms with Crippen molar-refractivity contribution in [3.05, 3.63) is 53.3 Å². The van der Waals surface area contributed by atoms with E-state index in [1.165, 1.54) is 11.1 Å². The highest BCUT2D eigenvalue weighted by Gasteiger charge is 2.36. The monoisotopic (exact) mass is 301 g/mol. The van der Waals surface area contributed by atoms with Gasteiger partial charge >= 0.3 is 0 Å². The molecule has 1 aliphatic rings. The van der Waals surface area contributed by atoms with Crippen LogP contribution in [0.15, 0.2) is 36.5 Å². The molecule has 1 saturated heterocycles. The van der Waals surface area contributed by atoms with Crippen molar-refractivity contribution in [2.75, 3.05) is 26.3 Å². The summed E-state index contributed by atoms with van der Waals surface area (Å²) in [6.07, 6.45) is 2.50. The lowest BCUT2D eigenvalue weighted by Gasteiger charge is -2.42. The van der Waals surface area contributed by atoms with Gasteiger partial charge in [-0.3, -0.25) is 10.00 Å². The van der Waals surface area contributed by atoms with Crippen LogP contribution in [-0.4, -0.2) is 52.1 Å². The zero-order chi connectivity index (χ0) is 15.4. The Morgan fingerprint density at radius 3 is 2.95 bits per heavy atom. The number of H-pyrrole nitrogens is 1. The first-order chi connectivity index (χ1) is 10.7. The number of nitrogens with zero attached hydrogens (tertiary/aromatic N) is 2. The Bertz CT molecular complexity index is 600. The normalized spacial score (nSPS) is 22.8. The van der Waals surface area contributed by atoms with E-state index in [-0.39, 0.29) is 6.61 Å². The average molecular weight is 301 g/mol. The van der Waals surface area contributed by atoms with E-state index in [1.54, 1.807) is 6.20 Å². The molecular formula is C17H23N3O2. The standard InChI is InChI=1S/C17H23N3O2/c1-14-4-2-3-5-15(14)10-17(13-21)12-20(8-9-22-17)11-16-6-7-18-19-16/h2-7,21H,8-13H2,1H3,(H,18,19)/t17-/m0/s1. The molecule has 22 heavy (non-hydrogen) atoms. The number of morpholine rings is 1. The summed E-state index contributed by atoms with van der Waals surface area (Å²) in [7, 11) is 0. The van der Waals surface area contributed by atoms with Crippen LogP contribution in [0.1, 0.15) is 16.8 Å². The molecule has 1 aromatic heterocycles. The lowest BCUT2D eigenvalue weighted by molar-refractivity contribution is -0.134. The predicted molar refractivity (Wildman–Crippen MR) is 84.5 cm³/mol. The molecule has 0 spiro atoms. The fourth-order valence-corrected chi connectivity index (χ4v) is 3.09. The second-order valence-electron chi connectivity index (χ2n) is 6.09. The lowest BCUT2D eigenvalue weighted by atomic mass is 9.91. The van der Waals surface area contributed by atoms with Crippen LogP contribution in [0, 0.1) is 6.92 Å². The summed E-state index contributed by atoms with van der Waals surface area (Å²) in [6.45, 7) is 5.16. The van der Waals surface area contributed by atoms with Gasteiger partial charge in [-0.15, -0.1) is 0 Å². The van der Waals surface area contributed by atoms with E-state index >= 15 is 0 Å². The second kappa shape index (κ2) is 6.60. The molecule has 2 N–H and O–H groups in total. The molecule has 0 unspecified atom stereocenters. The van der Waals surface area contributed by atoms with E-state index in [4.69, 9.17) is 4.74 Å². The number of aryl methyl sites for hydroxylation is 1. The molecule has 0 aliphatic carbocycles. The molecule has 0 radical (unpaired) electrons. The number of hydrogen-bond donors (Lipinski definition) is 2. The van der Waals surface area contributed by atoms with Crippen molar-refractivity contribution >= 4 is 0 Å². The number of aromatic nitrogens is 2. The molecule has 0 bridgehead atoms. The fourth-order valence-electron chi connectivity index (χ4n) is 3.09. The van der Waals surface area contributed by atoms with Gasteiger partial charge in [0.25, 0.3) is 0 Å². The van der Waals surface area contributed by atoms with Crippen LogP contribution in [-0.2, 0) is 17.7 Å². The zero-order valence-electron chi connectivity index (χ0n) is 13.0. The van der Waals surface area contributed by atoms with E-state index in [9.17, 15) is 5.11 Å². The summed E-state index contributed by atoms with van der Waals surface area (Å²) >= 11 is 0. The average Bonchev–Trinajstić information content (AvgIpc) is 3.03. The number of ether oxygens (including phenoxy) is 1. The fraction of sp³-hybridized carbons (Fsp3) is 0.471. The quantitative estimate of drug-likeness (QED) is 0.879. The summed E-state index contributed by atoms with van der Waals surface area (Å²) in [4.78, 5) is 2.31. The highest BCUT2D eigenvalue weighted by atomic mass is 16.5. The SMILES string of the molecule is Cc1ccccc1C[C@@]1(CO)CN(Cc2ccn[nH]2)CCO1. The smallest absolute Gasteiger partial charge is 0.108 e. The molecule has 1 aromatic carbocycles. The first-order valence-electron chi connectivity index (χ1n) is 7.71. The molecule has 1 atom stereocenters. The van der Waals surface area contributed by atoms with Crippen molar-refractivity contribution in [2.24, 2.45) is 0 Å². The first kappa shape index (κ1) is 15.2. The molecule has 5 heteroatoms. The summed E-state index contributed by atoms with van der Waals surface area (Å²) < 4.78 is 6.01. The van der Waals surface area contributed by atoms with Crippen molar-refractivity contribution in [2.45, 2.75) is 25.5 Å². The summed E-state index contributed by atoms with van der Waals surface area (Å²) in [5.41, 5.74) is 3.04. The maximum atomic E-state index is 9.97. The molecule has 2 heterocycles. The van der Waals surface area contributed by atoms with E-state index in [2.05, 4.69) is 34.2 Å². The third-order valence-electron chi connectivity index (χ3n) is 4.34. The largest absolute Gasteiger partial charge is 0.393 e. The van der Waals surface area contributed by atoms with Crippen LogP contribution in [0.3, 0.4) is 0 Å². The number of hydrogen-bond acceptors (Lipinski definition) is 4. The highest BCUT2D eigenvalue weighted by Crippen LogP contribution is 2.25.